The Morgan fingerprint density at radius 3 is 3.14 bits per heavy atom. The molecule has 0 unspecified atom stereocenters. The van der Waals surface area contributed by atoms with E-state index in [1.807, 2.05) is 0 Å². The third-order valence-corrected chi connectivity index (χ3v) is 3.22. The first-order valence-electron chi connectivity index (χ1n) is 6.51. The fraction of sp³-hybridized carbons (Fsp3) is 0.231. The maximum Gasteiger partial charge on any atom is 0.356 e. The van der Waals surface area contributed by atoms with Crippen LogP contribution in [0.2, 0.25) is 0 Å². The summed E-state index contributed by atoms with van der Waals surface area (Å²) in [6.07, 6.45) is 7.39. The summed E-state index contributed by atoms with van der Waals surface area (Å²) in [6.45, 7) is 2.58. The predicted molar refractivity (Wildman–Crippen MR) is 75.2 cm³/mol. The Hall–Kier alpha value is -2.90. The summed E-state index contributed by atoms with van der Waals surface area (Å²) in [5.74, 6) is -0.534. The van der Waals surface area contributed by atoms with E-state index >= 15 is 0 Å². The number of carbonyl (C=O) groups is 1. The first-order chi connectivity index (χ1) is 10.2. The number of carboxylic acid groups (broad SMARTS) is 1. The quantitative estimate of drug-likeness (QED) is 0.653. The van der Waals surface area contributed by atoms with Gasteiger partial charge in [-0.3, -0.25) is 5.10 Å². The summed E-state index contributed by atoms with van der Waals surface area (Å²) >= 11 is 0. The number of hydrogen-bond donors (Lipinski definition) is 3. The molecule has 0 radical (unpaired) electrons. The number of rotatable bonds is 5. The summed E-state index contributed by atoms with van der Waals surface area (Å²) in [7, 11) is 0. The highest BCUT2D eigenvalue weighted by Gasteiger charge is 2.12. The highest BCUT2D eigenvalue weighted by atomic mass is 16.4. The number of imidazole rings is 1. The van der Waals surface area contributed by atoms with Crippen LogP contribution in [0.1, 0.15) is 28.7 Å². The van der Waals surface area contributed by atoms with Crippen molar-refractivity contribution in [2.45, 2.75) is 19.9 Å². The van der Waals surface area contributed by atoms with Crippen LogP contribution in [0, 0.1) is 0 Å². The van der Waals surface area contributed by atoms with Crippen molar-refractivity contribution in [2.75, 3.05) is 5.32 Å². The minimum Gasteiger partial charge on any atom is -0.476 e. The molecule has 108 valence electrons. The van der Waals surface area contributed by atoms with Crippen molar-refractivity contribution < 1.29 is 9.90 Å². The first kappa shape index (κ1) is 13.1. The van der Waals surface area contributed by atoms with E-state index in [4.69, 9.17) is 5.11 Å². The number of nitrogens with one attached hydrogen (secondary N) is 2. The summed E-state index contributed by atoms with van der Waals surface area (Å²) in [4.78, 5) is 19.3. The molecule has 8 nitrogen and oxygen atoms in total. The molecule has 3 N–H and O–H groups in total. The Balaban J connectivity index is 1.88. The van der Waals surface area contributed by atoms with E-state index in [-0.39, 0.29) is 5.69 Å². The third-order valence-electron chi connectivity index (χ3n) is 3.22. The molecule has 0 amide bonds. The fourth-order valence-electron chi connectivity index (χ4n) is 2.12. The maximum atomic E-state index is 11.0. The van der Waals surface area contributed by atoms with Crippen LogP contribution in [0.3, 0.4) is 0 Å². The molecular weight excluding hydrogens is 272 g/mol. The van der Waals surface area contributed by atoms with Crippen LogP contribution in [0.4, 0.5) is 5.82 Å². The molecule has 3 heterocycles. The Morgan fingerprint density at radius 2 is 2.38 bits per heavy atom. The van der Waals surface area contributed by atoms with Gasteiger partial charge >= 0.3 is 5.97 Å². The van der Waals surface area contributed by atoms with E-state index in [1.54, 1.807) is 23.0 Å². The molecule has 0 spiro atoms. The van der Waals surface area contributed by atoms with Gasteiger partial charge in [-0.15, -0.1) is 0 Å². The topological polar surface area (TPSA) is 108 Å². The van der Waals surface area contributed by atoms with Crippen molar-refractivity contribution in [3.8, 4) is 0 Å². The second-order valence-corrected chi connectivity index (χ2v) is 4.52. The number of nitrogens with zero attached hydrogens (tertiary/aromatic N) is 4. The normalized spacial score (nSPS) is 10.9. The molecule has 0 aliphatic rings. The lowest BCUT2D eigenvalue weighted by Gasteiger charge is -2.06. The van der Waals surface area contributed by atoms with Gasteiger partial charge in [0.15, 0.2) is 17.2 Å². The van der Waals surface area contributed by atoms with Crippen molar-refractivity contribution in [1.29, 1.82) is 0 Å². The molecule has 3 rings (SSSR count). The minimum atomic E-state index is -1.06. The number of aromatic nitrogens is 5. The van der Waals surface area contributed by atoms with Gasteiger partial charge in [0.05, 0.1) is 18.4 Å². The second kappa shape index (κ2) is 5.23. The Kier molecular flexibility index (Phi) is 3.27. The summed E-state index contributed by atoms with van der Waals surface area (Å²) < 4.78 is 1.63. The molecule has 21 heavy (non-hydrogen) atoms. The Labute approximate surface area is 119 Å². The van der Waals surface area contributed by atoms with Crippen molar-refractivity contribution in [3.05, 3.63) is 41.7 Å². The molecule has 0 aromatic carbocycles. The van der Waals surface area contributed by atoms with E-state index in [2.05, 4.69) is 32.4 Å². The van der Waals surface area contributed by atoms with Gasteiger partial charge in [0, 0.05) is 18.6 Å². The molecule has 0 saturated carbocycles. The summed E-state index contributed by atoms with van der Waals surface area (Å²) in [5.41, 5.74) is 2.57. The van der Waals surface area contributed by atoms with E-state index in [0.717, 1.165) is 17.7 Å². The largest absolute Gasteiger partial charge is 0.476 e. The highest BCUT2D eigenvalue weighted by molar-refractivity contribution is 5.86. The van der Waals surface area contributed by atoms with Gasteiger partial charge in [-0.2, -0.15) is 5.10 Å². The Morgan fingerprint density at radius 1 is 1.52 bits per heavy atom. The molecule has 0 atom stereocenters. The molecular formula is C13H14N6O2. The van der Waals surface area contributed by atoms with E-state index < -0.39 is 5.97 Å². The minimum absolute atomic E-state index is 0.0122. The highest BCUT2D eigenvalue weighted by Crippen LogP contribution is 2.15. The number of fused-ring (bicyclic) bond motifs is 1. The van der Waals surface area contributed by atoms with Gasteiger partial charge in [0.25, 0.3) is 0 Å². The average molecular weight is 286 g/mol. The number of aromatic amines is 1. The molecule has 0 aliphatic carbocycles. The first-order valence-corrected chi connectivity index (χ1v) is 6.51. The number of hydrogen-bond acceptors (Lipinski definition) is 5. The van der Waals surface area contributed by atoms with Crippen molar-refractivity contribution >= 4 is 17.4 Å². The zero-order valence-electron chi connectivity index (χ0n) is 11.4. The molecule has 3 aromatic rings. The molecule has 3 aromatic heterocycles. The smallest absolute Gasteiger partial charge is 0.356 e. The second-order valence-electron chi connectivity index (χ2n) is 4.52. The molecule has 0 aliphatic heterocycles. The van der Waals surface area contributed by atoms with Crippen molar-refractivity contribution in [2.24, 2.45) is 0 Å². The van der Waals surface area contributed by atoms with Gasteiger partial charge in [-0.1, -0.05) is 6.92 Å². The number of anilines is 1. The van der Waals surface area contributed by atoms with E-state index in [0.29, 0.717) is 18.0 Å². The zero-order chi connectivity index (χ0) is 14.8. The van der Waals surface area contributed by atoms with Crippen LogP contribution in [-0.4, -0.2) is 35.6 Å². The van der Waals surface area contributed by atoms with E-state index in [1.165, 1.54) is 6.20 Å². The van der Waals surface area contributed by atoms with Crippen LogP contribution in [0.5, 0.6) is 0 Å². The molecule has 0 fully saturated rings. The van der Waals surface area contributed by atoms with Crippen LogP contribution in [-0.2, 0) is 13.0 Å². The van der Waals surface area contributed by atoms with Crippen LogP contribution in [0.25, 0.3) is 5.65 Å². The molecule has 0 saturated heterocycles. The summed E-state index contributed by atoms with van der Waals surface area (Å²) in [6, 6.07) is 0. The van der Waals surface area contributed by atoms with Gasteiger partial charge in [0.2, 0.25) is 0 Å². The van der Waals surface area contributed by atoms with Gasteiger partial charge in [0.1, 0.15) is 0 Å². The average Bonchev–Trinajstić information content (AvgIpc) is 3.11. The zero-order valence-corrected chi connectivity index (χ0v) is 11.4. The summed E-state index contributed by atoms with van der Waals surface area (Å²) in [5, 5.41) is 19.1. The lowest BCUT2D eigenvalue weighted by molar-refractivity contribution is 0.0691. The Bertz CT molecular complexity index is 791. The monoisotopic (exact) mass is 286 g/mol. The van der Waals surface area contributed by atoms with Crippen LogP contribution < -0.4 is 5.32 Å². The lowest BCUT2D eigenvalue weighted by Crippen LogP contribution is -2.05. The van der Waals surface area contributed by atoms with E-state index in [9.17, 15) is 4.79 Å². The lowest BCUT2D eigenvalue weighted by atomic mass is 10.2. The molecule has 0 bridgehead atoms. The van der Waals surface area contributed by atoms with Crippen LogP contribution in [0.15, 0.2) is 24.8 Å². The fourth-order valence-corrected chi connectivity index (χ4v) is 2.12. The van der Waals surface area contributed by atoms with Crippen LogP contribution >= 0.6 is 0 Å². The number of carboxylic acids is 1. The maximum absolute atomic E-state index is 11.0. The van der Waals surface area contributed by atoms with Gasteiger partial charge < -0.3 is 14.8 Å². The van der Waals surface area contributed by atoms with Crippen molar-refractivity contribution in [1.82, 2.24) is 24.6 Å². The van der Waals surface area contributed by atoms with Gasteiger partial charge in [-0.25, -0.2) is 14.8 Å². The SMILES string of the molecule is CCc1cn[nH]c1CNc1nccn2cc(C(=O)O)nc12. The number of aryl methyl sites for hydroxylation is 1. The van der Waals surface area contributed by atoms with Gasteiger partial charge in [-0.05, 0) is 12.0 Å². The van der Waals surface area contributed by atoms with Crippen molar-refractivity contribution in [3.63, 3.8) is 0 Å². The number of H-pyrrole nitrogens is 1. The third kappa shape index (κ3) is 2.42. The number of aromatic carboxylic acids is 1. The molecule has 8 heteroatoms. The standard InChI is InChI=1S/C13H14N6O2/c1-2-8-5-16-18-9(8)6-15-11-12-17-10(13(20)21)7-19(12)4-3-14-11/h3-5,7H,2,6H2,1H3,(H,14,15)(H,16,18)(H,20,21). The predicted octanol–water partition coefficient (Wildman–Crippen LogP) is 1.33.